The molecular weight excluding hydrogens is 377 g/mol. The van der Waals surface area contributed by atoms with Gasteiger partial charge < -0.3 is 24.9 Å². The highest BCUT2D eigenvalue weighted by Crippen LogP contribution is 2.30. The fourth-order valence-electron chi connectivity index (χ4n) is 3.10. The van der Waals surface area contributed by atoms with Crippen LogP contribution in [0, 0.1) is 11.7 Å². The summed E-state index contributed by atoms with van der Waals surface area (Å²) in [6, 6.07) is 7.94. The Morgan fingerprint density at radius 2 is 1.93 bits per heavy atom. The first-order valence-electron chi connectivity index (χ1n) is 9.36. The van der Waals surface area contributed by atoms with Crippen LogP contribution in [0.5, 0.6) is 0 Å². The maximum Gasteiger partial charge on any atom is 0.222 e. The normalized spacial score (nSPS) is 19.3. The van der Waals surface area contributed by atoms with E-state index >= 15 is 0 Å². The van der Waals surface area contributed by atoms with Crippen LogP contribution >= 0.6 is 0 Å². The number of halogens is 1. The Morgan fingerprint density at radius 3 is 2.62 bits per heavy atom. The minimum Gasteiger partial charge on any atom is -0.396 e. The average molecular weight is 399 g/mol. The summed E-state index contributed by atoms with van der Waals surface area (Å²) in [5.41, 5.74) is 2.78. The van der Waals surface area contributed by atoms with E-state index in [1.807, 2.05) is 0 Å². The topological polar surface area (TPSA) is 105 Å². The lowest BCUT2D eigenvalue weighted by Gasteiger charge is -2.27. The Morgan fingerprint density at radius 1 is 1.17 bits per heavy atom. The smallest absolute Gasteiger partial charge is 0.222 e. The fourth-order valence-corrected chi connectivity index (χ4v) is 3.10. The standard InChI is InChI=1S/C20H22FN5O3/c1-22-20-23-7-6-15(24-20)19-18(13-2-4-14(21)5-3-13)25-16(26-19)8-17-28-10-12(9-27)11-29-17/h2-7,12,17,27H,8-11H2,1H3,(H,25,26)(H,22,23,24). The molecule has 29 heavy (non-hydrogen) atoms. The Balaban J connectivity index is 1.66. The van der Waals surface area contributed by atoms with E-state index in [0.717, 1.165) is 5.56 Å². The first-order valence-corrected chi connectivity index (χ1v) is 9.36. The number of anilines is 1. The average Bonchev–Trinajstić information content (AvgIpc) is 3.18. The number of aliphatic hydroxyl groups excluding tert-OH is 1. The zero-order valence-electron chi connectivity index (χ0n) is 15.9. The second kappa shape index (κ2) is 8.64. The summed E-state index contributed by atoms with van der Waals surface area (Å²) in [6.07, 6.45) is 1.62. The summed E-state index contributed by atoms with van der Waals surface area (Å²) >= 11 is 0. The van der Waals surface area contributed by atoms with Gasteiger partial charge in [0.15, 0.2) is 6.29 Å². The Kier molecular flexibility index (Phi) is 5.79. The van der Waals surface area contributed by atoms with Crippen molar-refractivity contribution in [2.45, 2.75) is 12.7 Å². The third kappa shape index (κ3) is 4.42. The van der Waals surface area contributed by atoms with Gasteiger partial charge >= 0.3 is 0 Å². The number of imidazole rings is 1. The van der Waals surface area contributed by atoms with Crippen LogP contribution in [0.2, 0.25) is 0 Å². The highest BCUT2D eigenvalue weighted by atomic mass is 19.1. The van der Waals surface area contributed by atoms with Crippen molar-refractivity contribution in [2.24, 2.45) is 5.92 Å². The van der Waals surface area contributed by atoms with Crippen molar-refractivity contribution in [1.82, 2.24) is 19.9 Å². The van der Waals surface area contributed by atoms with Crippen molar-refractivity contribution < 1.29 is 19.0 Å². The number of benzene rings is 1. The minimum atomic E-state index is -0.448. The monoisotopic (exact) mass is 399 g/mol. The molecule has 0 bridgehead atoms. The Labute approximate surface area is 167 Å². The number of hydrogen-bond donors (Lipinski definition) is 3. The number of aromatic nitrogens is 4. The molecule has 1 aliphatic heterocycles. The predicted octanol–water partition coefficient (Wildman–Crippen LogP) is 2.24. The van der Waals surface area contributed by atoms with Crippen molar-refractivity contribution in [2.75, 3.05) is 32.2 Å². The summed E-state index contributed by atoms with van der Waals surface area (Å²) in [6.45, 7) is 0.918. The van der Waals surface area contributed by atoms with E-state index in [0.29, 0.717) is 48.5 Å². The van der Waals surface area contributed by atoms with Crippen LogP contribution in [0.3, 0.4) is 0 Å². The number of ether oxygens (including phenoxy) is 2. The van der Waals surface area contributed by atoms with E-state index in [1.54, 1.807) is 31.4 Å². The summed E-state index contributed by atoms with van der Waals surface area (Å²) < 4.78 is 24.7. The molecule has 3 N–H and O–H groups in total. The number of nitrogens with one attached hydrogen (secondary N) is 2. The van der Waals surface area contributed by atoms with Crippen LogP contribution < -0.4 is 5.32 Å². The highest BCUT2D eigenvalue weighted by molar-refractivity contribution is 5.76. The first kappa shape index (κ1) is 19.4. The SMILES string of the molecule is CNc1nccc(-c2[nH]c(CC3OCC(CO)CO3)nc2-c2ccc(F)cc2)n1. The van der Waals surface area contributed by atoms with Crippen LogP contribution in [0.4, 0.5) is 10.3 Å². The van der Waals surface area contributed by atoms with Gasteiger partial charge in [0.2, 0.25) is 5.95 Å². The molecule has 9 heteroatoms. The van der Waals surface area contributed by atoms with Crippen LogP contribution in [0.15, 0.2) is 36.5 Å². The zero-order valence-corrected chi connectivity index (χ0v) is 15.9. The Bertz CT molecular complexity index is 955. The molecule has 0 amide bonds. The third-order valence-electron chi connectivity index (χ3n) is 4.66. The van der Waals surface area contributed by atoms with Crippen molar-refractivity contribution in [3.05, 3.63) is 48.2 Å². The van der Waals surface area contributed by atoms with Gasteiger partial charge in [0.1, 0.15) is 11.6 Å². The van der Waals surface area contributed by atoms with E-state index < -0.39 is 6.29 Å². The molecule has 1 fully saturated rings. The quantitative estimate of drug-likeness (QED) is 0.584. The van der Waals surface area contributed by atoms with Crippen molar-refractivity contribution in [3.8, 4) is 22.6 Å². The van der Waals surface area contributed by atoms with Gasteiger partial charge in [-0.3, -0.25) is 0 Å². The Hall–Kier alpha value is -2.88. The molecule has 2 aromatic heterocycles. The van der Waals surface area contributed by atoms with E-state index in [1.165, 1.54) is 12.1 Å². The van der Waals surface area contributed by atoms with Crippen molar-refractivity contribution >= 4 is 5.95 Å². The molecule has 3 heterocycles. The van der Waals surface area contributed by atoms with Gasteiger partial charge in [-0.15, -0.1) is 0 Å². The molecule has 8 nitrogen and oxygen atoms in total. The van der Waals surface area contributed by atoms with Gasteiger partial charge in [-0.05, 0) is 30.3 Å². The summed E-state index contributed by atoms with van der Waals surface area (Å²) in [5, 5.41) is 12.1. The zero-order chi connectivity index (χ0) is 20.2. The number of aliphatic hydroxyl groups is 1. The van der Waals surface area contributed by atoms with E-state index in [4.69, 9.17) is 14.5 Å². The third-order valence-corrected chi connectivity index (χ3v) is 4.66. The number of rotatable bonds is 6. The summed E-state index contributed by atoms with van der Waals surface area (Å²) in [4.78, 5) is 16.6. The molecule has 1 aromatic carbocycles. The number of nitrogens with zero attached hydrogens (tertiary/aromatic N) is 3. The minimum absolute atomic E-state index is 0.00540. The molecule has 0 spiro atoms. The van der Waals surface area contributed by atoms with Crippen LogP contribution in [0.25, 0.3) is 22.6 Å². The molecular formula is C20H22FN5O3. The molecule has 1 aliphatic rings. The van der Waals surface area contributed by atoms with Crippen LogP contribution in [-0.2, 0) is 15.9 Å². The van der Waals surface area contributed by atoms with Crippen LogP contribution in [0.1, 0.15) is 5.82 Å². The van der Waals surface area contributed by atoms with Gasteiger partial charge in [-0.25, -0.2) is 19.3 Å². The molecule has 0 radical (unpaired) electrons. The van der Waals surface area contributed by atoms with E-state index in [2.05, 4.69) is 20.3 Å². The van der Waals surface area contributed by atoms with Crippen molar-refractivity contribution in [1.29, 1.82) is 0 Å². The lowest BCUT2D eigenvalue weighted by atomic mass is 10.1. The molecule has 0 aliphatic carbocycles. The van der Waals surface area contributed by atoms with E-state index in [-0.39, 0.29) is 18.3 Å². The van der Waals surface area contributed by atoms with Gasteiger partial charge in [0, 0.05) is 24.7 Å². The predicted molar refractivity (Wildman–Crippen MR) is 105 cm³/mol. The second-order valence-corrected chi connectivity index (χ2v) is 6.78. The maximum absolute atomic E-state index is 13.4. The number of H-pyrrole nitrogens is 1. The molecule has 0 saturated carbocycles. The summed E-state index contributed by atoms with van der Waals surface area (Å²) in [7, 11) is 1.75. The molecule has 1 saturated heterocycles. The summed E-state index contributed by atoms with van der Waals surface area (Å²) in [5.74, 6) is 0.830. The molecule has 152 valence electrons. The molecule has 0 unspecified atom stereocenters. The number of aromatic amines is 1. The van der Waals surface area contributed by atoms with Gasteiger partial charge in [-0.2, -0.15) is 0 Å². The van der Waals surface area contributed by atoms with Crippen molar-refractivity contribution in [3.63, 3.8) is 0 Å². The lowest BCUT2D eigenvalue weighted by Crippen LogP contribution is -2.35. The first-order chi connectivity index (χ1) is 14.2. The molecule has 0 atom stereocenters. The van der Waals surface area contributed by atoms with E-state index in [9.17, 15) is 9.50 Å². The van der Waals surface area contributed by atoms with Gasteiger partial charge in [-0.1, -0.05) is 0 Å². The van der Waals surface area contributed by atoms with Gasteiger partial charge in [0.05, 0.1) is 43.3 Å². The fraction of sp³-hybridized carbons (Fsp3) is 0.350. The maximum atomic E-state index is 13.4. The number of hydrogen-bond acceptors (Lipinski definition) is 7. The highest BCUT2D eigenvalue weighted by Gasteiger charge is 2.24. The molecule has 3 aromatic rings. The molecule has 4 rings (SSSR count). The van der Waals surface area contributed by atoms with Crippen LogP contribution in [-0.4, -0.2) is 58.2 Å². The lowest BCUT2D eigenvalue weighted by molar-refractivity contribution is -0.204. The largest absolute Gasteiger partial charge is 0.396 e. The second-order valence-electron chi connectivity index (χ2n) is 6.78. The van der Waals surface area contributed by atoms with Gasteiger partial charge in [0.25, 0.3) is 0 Å².